The van der Waals surface area contributed by atoms with Crippen LogP contribution in [0.1, 0.15) is 20.8 Å². The Morgan fingerprint density at radius 1 is 0.962 bits per heavy atom. The van der Waals surface area contributed by atoms with Gasteiger partial charge in [-0.1, -0.05) is 24.3 Å². The monoisotopic (exact) mass is 350 g/mol. The van der Waals surface area contributed by atoms with Gasteiger partial charge >= 0.3 is 0 Å². The molecule has 0 bridgehead atoms. The maximum Gasteiger partial charge on any atom is 0.276 e. The van der Waals surface area contributed by atoms with Gasteiger partial charge in [0.2, 0.25) is 0 Å². The highest BCUT2D eigenvalue weighted by atomic mass is 16.5. The van der Waals surface area contributed by atoms with E-state index in [0.29, 0.717) is 22.8 Å². The third-order valence-corrected chi connectivity index (χ3v) is 3.72. The molecular formula is C19H18N4O3. The fourth-order valence-corrected chi connectivity index (χ4v) is 2.37. The van der Waals surface area contributed by atoms with Crippen LogP contribution in [-0.4, -0.2) is 28.7 Å². The second-order valence-electron chi connectivity index (χ2n) is 5.54. The second-order valence-corrected chi connectivity index (χ2v) is 5.54. The number of rotatable bonds is 5. The molecule has 1 aromatic heterocycles. The van der Waals surface area contributed by atoms with Gasteiger partial charge in [-0.05, 0) is 24.3 Å². The summed E-state index contributed by atoms with van der Waals surface area (Å²) in [7, 11) is 3.21. The van der Waals surface area contributed by atoms with E-state index in [1.165, 1.54) is 10.7 Å². The van der Waals surface area contributed by atoms with Gasteiger partial charge in [-0.3, -0.25) is 14.3 Å². The third-order valence-electron chi connectivity index (χ3n) is 3.72. The van der Waals surface area contributed by atoms with Crippen molar-refractivity contribution in [2.24, 2.45) is 7.05 Å². The molecule has 0 aliphatic carbocycles. The summed E-state index contributed by atoms with van der Waals surface area (Å²) in [6.45, 7) is 0. The Bertz CT molecular complexity index is 935. The molecule has 0 fully saturated rings. The predicted molar refractivity (Wildman–Crippen MR) is 98.6 cm³/mol. The summed E-state index contributed by atoms with van der Waals surface area (Å²) in [6, 6.07) is 17.4. The van der Waals surface area contributed by atoms with Crippen LogP contribution in [0, 0.1) is 0 Å². The Kier molecular flexibility index (Phi) is 4.98. The Labute approximate surface area is 150 Å². The molecule has 0 aliphatic rings. The van der Waals surface area contributed by atoms with Crippen molar-refractivity contribution in [2.75, 3.05) is 17.7 Å². The molecule has 7 nitrogen and oxygen atoms in total. The Morgan fingerprint density at radius 3 is 2.46 bits per heavy atom. The third kappa shape index (κ3) is 3.89. The minimum Gasteiger partial charge on any atom is -0.497 e. The summed E-state index contributed by atoms with van der Waals surface area (Å²) in [5, 5.41) is 9.65. The number of methoxy groups -OCH3 is 1. The van der Waals surface area contributed by atoms with Gasteiger partial charge in [-0.15, -0.1) is 0 Å². The van der Waals surface area contributed by atoms with Crippen LogP contribution in [0.25, 0.3) is 0 Å². The lowest BCUT2D eigenvalue weighted by Gasteiger charge is -2.05. The lowest BCUT2D eigenvalue weighted by Crippen LogP contribution is -2.14. The van der Waals surface area contributed by atoms with Gasteiger partial charge in [-0.2, -0.15) is 5.10 Å². The standard InChI is InChI=1S/C19H18N4O3/c1-23-17(21-18(24)13-7-4-3-5-8-13)12-16(22-23)19(25)20-14-9-6-10-15(11-14)26-2/h3-12H,1-2H3,(H,20,25)(H,21,24). The maximum absolute atomic E-state index is 12.4. The van der Waals surface area contributed by atoms with E-state index in [2.05, 4.69) is 15.7 Å². The fraction of sp³-hybridized carbons (Fsp3) is 0.105. The second kappa shape index (κ2) is 7.52. The maximum atomic E-state index is 12.4. The van der Waals surface area contributed by atoms with Crippen molar-refractivity contribution in [3.63, 3.8) is 0 Å². The highest BCUT2D eigenvalue weighted by Crippen LogP contribution is 2.18. The number of benzene rings is 2. The van der Waals surface area contributed by atoms with Crippen LogP contribution >= 0.6 is 0 Å². The van der Waals surface area contributed by atoms with Crippen LogP contribution in [0.4, 0.5) is 11.5 Å². The first-order chi connectivity index (χ1) is 12.6. The number of hydrogen-bond donors (Lipinski definition) is 2. The number of carbonyl (C=O) groups excluding carboxylic acids is 2. The van der Waals surface area contributed by atoms with Gasteiger partial charge in [-0.25, -0.2) is 0 Å². The van der Waals surface area contributed by atoms with E-state index in [4.69, 9.17) is 4.74 Å². The van der Waals surface area contributed by atoms with E-state index in [-0.39, 0.29) is 17.5 Å². The SMILES string of the molecule is COc1cccc(NC(=O)c2cc(NC(=O)c3ccccc3)n(C)n2)c1. The van der Waals surface area contributed by atoms with Gasteiger partial charge in [0.25, 0.3) is 11.8 Å². The van der Waals surface area contributed by atoms with Crippen molar-refractivity contribution in [3.8, 4) is 5.75 Å². The molecule has 0 saturated carbocycles. The molecule has 2 aromatic carbocycles. The topological polar surface area (TPSA) is 85.3 Å². The zero-order valence-electron chi connectivity index (χ0n) is 14.4. The molecule has 26 heavy (non-hydrogen) atoms. The number of nitrogens with zero attached hydrogens (tertiary/aromatic N) is 2. The number of aryl methyl sites for hydroxylation is 1. The van der Waals surface area contributed by atoms with Crippen LogP contribution in [0.2, 0.25) is 0 Å². The lowest BCUT2D eigenvalue weighted by atomic mass is 10.2. The van der Waals surface area contributed by atoms with E-state index in [0.717, 1.165) is 0 Å². The molecule has 0 atom stereocenters. The summed E-state index contributed by atoms with van der Waals surface area (Å²) in [5.41, 5.74) is 1.31. The van der Waals surface area contributed by atoms with E-state index >= 15 is 0 Å². The fourth-order valence-electron chi connectivity index (χ4n) is 2.37. The smallest absolute Gasteiger partial charge is 0.276 e. The molecule has 0 saturated heterocycles. The van der Waals surface area contributed by atoms with Gasteiger partial charge in [0.15, 0.2) is 5.69 Å². The number of aromatic nitrogens is 2. The predicted octanol–water partition coefficient (Wildman–Crippen LogP) is 2.93. The highest BCUT2D eigenvalue weighted by molar-refractivity contribution is 6.06. The molecule has 3 rings (SSSR count). The quantitative estimate of drug-likeness (QED) is 0.741. The minimum atomic E-state index is -0.380. The number of nitrogens with one attached hydrogen (secondary N) is 2. The summed E-state index contributed by atoms with van der Waals surface area (Å²) < 4.78 is 6.58. The van der Waals surface area contributed by atoms with Gasteiger partial charge in [0, 0.05) is 30.4 Å². The van der Waals surface area contributed by atoms with Gasteiger partial charge < -0.3 is 15.4 Å². The number of amides is 2. The molecule has 2 amide bonds. The Hall–Kier alpha value is -3.61. The first-order valence-corrected chi connectivity index (χ1v) is 7.92. The Morgan fingerprint density at radius 2 is 1.73 bits per heavy atom. The van der Waals surface area contributed by atoms with Crippen molar-refractivity contribution in [2.45, 2.75) is 0 Å². The van der Waals surface area contributed by atoms with Crippen molar-refractivity contribution in [1.82, 2.24) is 9.78 Å². The minimum absolute atomic E-state index is 0.193. The average molecular weight is 350 g/mol. The van der Waals surface area contributed by atoms with Gasteiger partial charge in [0.05, 0.1) is 7.11 Å². The molecule has 2 N–H and O–H groups in total. The summed E-state index contributed by atoms with van der Waals surface area (Å²) in [5.74, 6) is 0.414. The van der Waals surface area contributed by atoms with E-state index in [1.807, 2.05) is 6.07 Å². The summed E-state index contributed by atoms with van der Waals surface area (Å²) in [4.78, 5) is 24.6. The Balaban J connectivity index is 1.72. The van der Waals surface area contributed by atoms with Crippen LogP contribution in [0.5, 0.6) is 5.75 Å². The van der Waals surface area contributed by atoms with E-state index < -0.39 is 0 Å². The first kappa shape index (κ1) is 17.2. The van der Waals surface area contributed by atoms with Crippen LogP contribution in [0.3, 0.4) is 0 Å². The molecular weight excluding hydrogens is 332 g/mol. The van der Waals surface area contributed by atoms with Crippen molar-refractivity contribution in [3.05, 3.63) is 71.9 Å². The molecule has 0 aliphatic heterocycles. The van der Waals surface area contributed by atoms with E-state index in [9.17, 15) is 9.59 Å². The zero-order chi connectivity index (χ0) is 18.5. The zero-order valence-corrected chi connectivity index (χ0v) is 14.4. The molecule has 0 unspecified atom stereocenters. The molecule has 0 radical (unpaired) electrons. The first-order valence-electron chi connectivity index (χ1n) is 7.92. The van der Waals surface area contributed by atoms with E-state index in [1.54, 1.807) is 62.7 Å². The normalized spacial score (nSPS) is 10.2. The summed E-state index contributed by atoms with van der Waals surface area (Å²) in [6.07, 6.45) is 0. The summed E-state index contributed by atoms with van der Waals surface area (Å²) >= 11 is 0. The molecule has 132 valence electrons. The lowest BCUT2D eigenvalue weighted by molar-refractivity contribution is 0.101. The largest absolute Gasteiger partial charge is 0.497 e. The van der Waals surface area contributed by atoms with Gasteiger partial charge in [0.1, 0.15) is 11.6 Å². The average Bonchev–Trinajstić information content (AvgIpc) is 3.03. The van der Waals surface area contributed by atoms with Crippen molar-refractivity contribution in [1.29, 1.82) is 0 Å². The highest BCUT2D eigenvalue weighted by Gasteiger charge is 2.15. The molecule has 3 aromatic rings. The molecule has 0 spiro atoms. The van der Waals surface area contributed by atoms with Crippen LogP contribution in [-0.2, 0) is 7.05 Å². The molecule has 1 heterocycles. The van der Waals surface area contributed by atoms with Crippen LogP contribution in [0.15, 0.2) is 60.7 Å². The number of ether oxygens (including phenoxy) is 1. The number of anilines is 2. The van der Waals surface area contributed by atoms with Crippen LogP contribution < -0.4 is 15.4 Å². The number of hydrogen-bond acceptors (Lipinski definition) is 4. The van der Waals surface area contributed by atoms with Crippen molar-refractivity contribution >= 4 is 23.3 Å². The molecule has 7 heteroatoms. The van der Waals surface area contributed by atoms with Crippen molar-refractivity contribution < 1.29 is 14.3 Å². The number of carbonyl (C=O) groups is 2.